The smallest absolute Gasteiger partial charge is 0.131 e. The molecule has 108 valence electrons. The molecule has 0 radical (unpaired) electrons. The average Bonchev–Trinajstić information content (AvgIpc) is 2.73. The molecule has 1 atom stereocenters. The maximum absolute atomic E-state index is 14.0. The summed E-state index contributed by atoms with van der Waals surface area (Å²) in [6.45, 7) is 2.70. The van der Waals surface area contributed by atoms with Crippen molar-refractivity contribution < 1.29 is 8.78 Å². The van der Waals surface area contributed by atoms with Crippen LogP contribution in [0.5, 0.6) is 0 Å². The number of halogens is 4. The van der Waals surface area contributed by atoms with E-state index in [2.05, 4.69) is 37.2 Å². The van der Waals surface area contributed by atoms with Gasteiger partial charge in [-0.25, -0.2) is 8.78 Å². The van der Waals surface area contributed by atoms with Crippen LogP contribution in [0.2, 0.25) is 0 Å². The van der Waals surface area contributed by atoms with Crippen molar-refractivity contribution in [3.8, 4) is 0 Å². The quantitative estimate of drug-likeness (QED) is 0.654. The molecule has 0 amide bonds. The summed E-state index contributed by atoms with van der Waals surface area (Å²) in [6, 6.07) is 5.36. The number of benzene rings is 1. The van der Waals surface area contributed by atoms with Crippen LogP contribution in [0.1, 0.15) is 29.8 Å². The molecule has 2 aromatic rings. The van der Waals surface area contributed by atoms with E-state index in [4.69, 9.17) is 0 Å². The molecular formula is C14H13Br2F2NS. The molecule has 1 N–H and O–H groups in total. The molecule has 0 aliphatic heterocycles. The molecule has 0 fully saturated rings. The summed E-state index contributed by atoms with van der Waals surface area (Å²) in [6.07, 6.45) is 0.889. The zero-order valence-corrected chi connectivity index (χ0v) is 14.7. The molecular weight excluding hydrogens is 412 g/mol. The maximum atomic E-state index is 14.0. The highest BCUT2D eigenvalue weighted by atomic mass is 79.9. The molecule has 20 heavy (non-hydrogen) atoms. The normalized spacial score (nSPS) is 12.7. The Morgan fingerprint density at radius 2 is 1.90 bits per heavy atom. The van der Waals surface area contributed by atoms with E-state index in [1.165, 1.54) is 29.5 Å². The molecule has 0 bridgehead atoms. The predicted octanol–water partition coefficient (Wildman–Crippen LogP) is 5.64. The highest BCUT2D eigenvalue weighted by Crippen LogP contribution is 2.38. The summed E-state index contributed by atoms with van der Waals surface area (Å²) < 4.78 is 29.8. The van der Waals surface area contributed by atoms with Gasteiger partial charge in [-0.2, -0.15) is 0 Å². The Labute approximate surface area is 137 Å². The number of rotatable bonds is 5. The highest BCUT2D eigenvalue weighted by molar-refractivity contribution is 9.13. The lowest BCUT2D eigenvalue weighted by atomic mass is 10.0. The van der Waals surface area contributed by atoms with Crippen LogP contribution < -0.4 is 5.32 Å². The number of nitrogens with one attached hydrogen (secondary N) is 1. The van der Waals surface area contributed by atoms with Gasteiger partial charge in [0.15, 0.2) is 0 Å². The highest BCUT2D eigenvalue weighted by Gasteiger charge is 2.23. The van der Waals surface area contributed by atoms with E-state index in [0.717, 1.165) is 19.6 Å². The fourth-order valence-electron chi connectivity index (χ4n) is 1.93. The molecule has 1 unspecified atom stereocenters. The Kier molecular flexibility index (Phi) is 5.72. The molecule has 0 aliphatic rings. The zero-order valence-electron chi connectivity index (χ0n) is 10.7. The van der Waals surface area contributed by atoms with Crippen LogP contribution in [-0.4, -0.2) is 6.54 Å². The molecule has 1 nitrogen and oxygen atoms in total. The van der Waals surface area contributed by atoms with E-state index in [1.54, 1.807) is 0 Å². The van der Waals surface area contributed by atoms with Gasteiger partial charge in [-0.3, -0.25) is 0 Å². The molecule has 2 rings (SSSR count). The number of hydrogen-bond donors (Lipinski definition) is 1. The van der Waals surface area contributed by atoms with Crippen molar-refractivity contribution in [3.05, 3.63) is 54.6 Å². The van der Waals surface area contributed by atoms with Gasteiger partial charge in [0.2, 0.25) is 0 Å². The van der Waals surface area contributed by atoms with E-state index in [9.17, 15) is 8.78 Å². The standard InChI is InChI=1S/C14H13Br2F2NS/c1-2-6-19-13(11-7-8(15)14(16)20-11)12-9(17)4-3-5-10(12)18/h3-5,7,13,19H,2,6H2,1H3. The van der Waals surface area contributed by atoms with Crippen LogP contribution in [0, 0.1) is 11.6 Å². The van der Waals surface area contributed by atoms with E-state index in [1.807, 2.05) is 13.0 Å². The second-order valence-electron chi connectivity index (χ2n) is 4.29. The first-order valence-corrected chi connectivity index (χ1v) is 8.56. The summed E-state index contributed by atoms with van der Waals surface area (Å²) in [5.74, 6) is -1.06. The lowest BCUT2D eigenvalue weighted by molar-refractivity contribution is 0.506. The summed E-state index contributed by atoms with van der Waals surface area (Å²) >= 11 is 8.29. The molecule has 6 heteroatoms. The van der Waals surface area contributed by atoms with Gasteiger partial charge in [-0.05, 0) is 63.0 Å². The minimum atomic E-state index is -0.528. The number of thiophene rings is 1. The van der Waals surface area contributed by atoms with Gasteiger partial charge in [0.05, 0.1) is 9.83 Å². The monoisotopic (exact) mass is 423 g/mol. The first-order valence-electron chi connectivity index (χ1n) is 6.16. The van der Waals surface area contributed by atoms with Crippen LogP contribution in [0.15, 0.2) is 32.5 Å². The largest absolute Gasteiger partial charge is 0.305 e. The van der Waals surface area contributed by atoms with Gasteiger partial charge >= 0.3 is 0 Å². The van der Waals surface area contributed by atoms with Crippen LogP contribution in [0.4, 0.5) is 8.78 Å². The van der Waals surface area contributed by atoms with Gasteiger partial charge in [-0.15, -0.1) is 11.3 Å². The maximum Gasteiger partial charge on any atom is 0.131 e. The first kappa shape index (κ1) is 16.1. The fourth-order valence-corrected chi connectivity index (χ4v) is 4.10. The Morgan fingerprint density at radius 1 is 1.25 bits per heavy atom. The van der Waals surface area contributed by atoms with E-state index in [0.29, 0.717) is 6.54 Å². The van der Waals surface area contributed by atoms with Crippen LogP contribution in [-0.2, 0) is 0 Å². The topological polar surface area (TPSA) is 12.0 Å². The van der Waals surface area contributed by atoms with Crippen molar-refractivity contribution in [1.82, 2.24) is 5.32 Å². The zero-order chi connectivity index (χ0) is 14.7. The Hall–Kier alpha value is -0.300. The van der Waals surface area contributed by atoms with Gasteiger partial charge in [0.25, 0.3) is 0 Å². The van der Waals surface area contributed by atoms with Crippen molar-refractivity contribution in [3.63, 3.8) is 0 Å². The molecule has 1 aromatic heterocycles. The molecule has 0 spiro atoms. The third-order valence-electron chi connectivity index (χ3n) is 2.84. The third kappa shape index (κ3) is 3.47. The molecule has 0 saturated heterocycles. The Bertz CT molecular complexity index is 561. The van der Waals surface area contributed by atoms with Gasteiger partial charge in [0, 0.05) is 14.9 Å². The van der Waals surface area contributed by atoms with Crippen LogP contribution >= 0.6 is 43.2 Å². The summed E-state index contributed by atoms with van der Waals surface area (Å²) in [5, 5.41) is 3.21. The summed E-state index contributed by atoms with van der Waals surface area (Å²) in [5.41, 5.74) is 0.0715. The second kappa shape index (κ2) is 7.11. The lowest BCUT2D eigenvalue weighted by Gasteiger charge is -2.19. The van der Waals surface area contributed by atoms with Gasteiger partial charge in [0.1, 0.15) is 11.6 Å². The molecule has 1 heterocycles. The average molecular weight is 425 g/mol. The van der Waals surface area contributed by atoms with Gasteiger partial charge in [-0.1, -0.05) is 13.0 Å². The summed E-state index contributed by atoms with van der Waals surface area (Å²) in [7, 11) is 0. The van der Waals surface area contributed by atoms with E-state index < -0.39 is 17.7 Å². The number of hydrogen-bond acceptors (Lipinski definition) is 2. The Balaban J connectivity index is 2.47. The minimum Gasteiger partial charge on any atom is -0.305 e. The van der Waals surface area contributed by atoms with Crippen molar-refractivity contribution in [1.29, 1.82) is 0 Å². The first-order chi connectivity index (χ1) is 9.54. The SMILES string of the molecule is CCCNC(c1cc(Br)c(Br)s1)c1c(F)cccc1F. The van der Waals surface area contributed by atoms with Crippen LogP contribution in [0.3, 0.4) is 0 Å². The lowest BCUT2D eigenvalue weighted by Crippen LogP contribution is -2.24. The van der Waals surface area contributed by atoms with Crippen molar-refractivity contribution >= 4 is 43.2 Å². The van der Waals surface area contributed by atoms with E-state index in [-0.39, 0.29) is 5.56 Å². The minimum absolute atomic E-state index is 0.0715. The van der Waals surface area contributed by atoms with E-state index >= 15 is 0 Å². The van der Waals surface area contributed by atoms with Crippen molar-refractivity contribution in [2.75, 3.05) is 6.54 Å². The van der Waals surface area contributed by atoms with Crippen molar-refractivity contribution in [2.24, 2.45) is 0 Å². The fraction of sp³-hybridized carbons (Fsp3) is 0.286. The van der Waals surface area contributed by atoms with Gasteiger partial charge < -0.3 is 5.32 Å². The summed E-state index contributed by atoms with van der Waals surface area (Å²) in [4.78, 5) is 0.862. The van der Waals surface area contributed by atoms with Crippen molar-refractivity contribution in [2.45, 2.75) is 19.4 Å². The molecule has 0 aliphatic carbocycles. The Morgan fingerprint density at radius 3 is 2.40 bits per heavy atom. The molecule has 0 saturated carbocycles. The molecule has 1 aromatic carbocycles. The second-order valence-corrected chi connectivity index (χ2v) is 7.55. The van der Waals surface area contributed by atoms with Crippen LogP contribution in [0.25, 0.3) is 0 Å². The predicted molar refractivity (Wildman–Crippen MR) is 86.2 cm³/mol. The third-order valence-corrected chi connectivity index (χ3v) is 6.16.